The summed E-state index contributed by atoms with van der Waals surface area (Å²) in [6, 6.07) is 12.8. The fourth-order valence-electron chi connectivity index (χ4n) is 3.23. The fourth-order valence-corrected chi connectivity index (χ4v) is 3.58. The number of ether oxygens (including phenoxy) is 1. The minimum atomic E-state index is -0.766. The van der Waals surface area contributed by atoms with Crippen LogP contribution in [0.5, 0.6) is 0 Å². The van der Waals surface area contributed by atoms with Crippen LogP contribution in [-0.2, 0) is 4.74 Å². The normalized spacial score (nSPS) is 11.0. The zero-order chi connectivity index (χ0) is 19.1. The van der Waals surface area contributed by atoms with Crippen LogP contribution in [0.25, 0.3) is 27.4 Å². The van der Waals surface area contributed by atoms with Gasteiger partial charge in [-0.05, 0) is 30.3 Å². The van der Waals surface area contributed by atoms with Crippen molar-refractivity contribution in [1.82, 2.24) is 9.55 Å². The van der Waals surface area contributed by atoms with Crippen LogP contribution in [-0.4, -0.2) is 22.6 Å². The van der Waals surface area contributed by atoms with Crippen molar-refractivity contribution in [3.8, 4) is 5.69 Å². The zero-order valence-electron chi connectivity index (χ0n) is 14.3. The van der Waals surface area contributed by atoms with Gasteiger partial charge in [0.25, 0.3) is 5.56 Å². The summed E-state index contributed by atoms with van der Waals surface area (Å²) in [4.78, 5) is 29.7. The van der Waals surface area contributed by atoms with Gasteiger partial charge in [-0.3, -0.25) is 14.3 Å². The van der Waals surface area contributed by atoms with E-state index < -0.39 is 11.5 Å². The number of methoxy groups -OCH3 is 1. The van der Waals surface area contributed by atoms with Crippen LogP contribution < -0.4 is 11.3 Å². The Kier molecular flexibility index (Phi) is 4.16. The highest BCUT2D eigenvalue weighted by molar-refractivity contribution is 9.10. The third kappa shape index (κ3) is 2.67. The molecule has 0 atom stereocenters. The van der Waals surface area contributed by atoms with Crippen LogP contribution in [0.3, 0.4) is 0 Å². The van der Waals surface area contributed by atoms with Crippen LogP contribution in [0.15, 0.2) is 64.1 Å². The smallest absolute Gasteiger partial charge is 0.345 e. The lowest BCUT2D eigenvalue weighted by Crippen LogP contribution is -2.28. The number of nitrogens with two attached hydrogens (primary N) is 1. The second-order valence-electron chi connectivity index (χ2n) is 5.96. The quantitative estimate of drug-likeness (QED) is 0.497. The molecule has 0 aliphatic carbocycles. The molecule has 0 radical (unpaired) electrons. The Labute approximate surface area is 162 Å². The molecule has 2 N–H and O–H groups in total. The summed E-state index contributed by atoms with van der Waals surface area (Å²) in [5, 5.41) is 2.29. The molecular weight excluding hydrogens is 410 g/mol. The number of esters is 1. The molecule has 7 heteroatoms. The summed E-state index contributed by atoms with van der Waals surface area (Å²) in [5.74, 6) is -0.766. The first-order chi connectivity index (χ1) is 13.0. The number of nitrogen functional groups attached to an aromatic ring is 1. The van der Waals surface area contributed by atoms with Crippen molar-refractivity contribution in [2.24, 2.45) is 0 Å². The largest absolute Gasteiger partial charge is 0.465 e. The maximum absolute atomic E-state index is 13.3. The molecule has 0 saturated heterocycles. The van der Waals surface area contributed by atoms with Gasteiger partial charge in [0.2, 0.25) is 0 Å². The number of anilines is 1. The molecular formula is C20H14BrN3O3. The van der Waals surface area contributed by atoms with Crippen molar-refractivity contribution < 1.29 is 9.53 Å². The number of halogens is 1. The maximum Gasteiger partial charge on any atom is 0.345 e. The van der Waals surface area contributed by atoms with E-state index in [1.807, 2.05) is 30.3 Å². The van der Waals surface area contributed by atoms with E-state index in [0.29, 0.717) is 16.6 Å². The Bertz CT molecular complexity index is 1280. The molecule has 2 aromatic carbocycles. The van der Waals surface area contributed by atoms with Gasteiger partial charge in [0, 0.05) is 33.0 Å². The molecule has 0 fully saturated rings. The van der Waals surface area contributed by atoms with E-state index in [-0.39, 0.29) is 11.3 Å². The molecule has 0 aliphatic heterocycles. The number of aromatic nitrogens is 2. The first kappa shape index (κ1) is 17.2. The Morgan fingerprint density at radius 1 is 1.19 bits per heavy atom. The molecule has 2 heterocycles. The third-order valence-corrected chi connectivity index (χ3v) is 4.96. The number of nitrogens with zero attached hydrogens (tertiary/aromatic N) is 2. The van der Waals surface area contributed by atoms with Crippen LogP contribution in [0.4, 0.5) is 5.69 Å². The molecule has 0 unspecified atom stereocenters. The average molecular weight is 424 g/mol. The molecule has 4 aromatic rings. The number of fused-ring (bicyclic) bond motifs is 2. The van der Waals surface area contributed by atoms with Crippen molar-refractivity contribution in [2.75, 3.05) is 12.8 Å². The molecule has 6 nitrogen and oxygen atoms in total. The van der Waals surface area contributed by atoms with Crippen LogP contribution in [0.2, 0.25) is 0 Å². The Balaban J connectivity index is 2.24. The van der Waals surface area contributed by atoms with Gasteiger partial charge in [-0.2, -0.15) is 0 Å². The summed E-state index contributed by atoms with van der Waals surface area (Å²) in [7, 11) is 1.22. The molecule has 4 rings (SSSR count). The van der Waals surface area contributed by atoms with E-state index in [2.05, 4.69) is 20.9 Å². The second kappa shape index (κ2) is 6.51. The third-order valence-electron chi connectivity index (χ3n) is 4.47. The number of benzene rings is 2. The molecule has 0 amide bonds. The number of carbonyl (C=O) groups is 1. The minimum absolute atomic E-state index is 0.104. The van der Waals surface area contributed by atoms with Crippen LogP contribution in [0.1, 0.15) is 10.4 Å². The number of hydrogen-bond donors (Lipinski definition) is 1. The topological polar surface area (TPSA) is 87.2 Å². The van der Waals surface area contributed by atoms with Crippen molar-refractivity contribution >= 4 is 49.3 Å². The minimum Gasteiger partial charge on any atom is -0.465 e. The van der Waals surface area contributed by atoms with Gasteiger partial charge < -0.3 is 10.5 Å². The molecule has 0 bridgehead atoms. The summed E-state index contributed by atoms with van der Waals surface area (Å²) >= 11 is 3.44. The summed E-state index contributed by atoms with van der Waals surface area (Å²) in [6.45, 7) is 0. The van der Waals surface area contributed by atoms with Crippen molar-refractivity contribution in [3.05, 3.63) is 75.2 Å². The standard InChI is InChI=1S/C20H14BrN3O3/c1-27-20(26)17-18(22)14-6-5-12(21)9-16(14)24(19(17)25)15-4-2-3-11-10-23-8-7-13(11)15/h2-10H,22H2,1H3. The fraction of sp³-hybridized carbons (Fsp3) is 0.0500. The first-order valence-corrected chi connectivity index (χ1v) is 8.87. The predicted octanol–water partition coefficient (Wildman–Crippen LogP) is 3.67. The van der Waals surface area contributed by atoms with Gasteiger partial charge in [0.1, 0.15) is 5.56 Å². The lowest BCUT2D eigenvalue weighted by Gasteiger charge is -2.16. The van der Waals surface area contributed by atoms with Crippen LogP contribution in [0, 0.1) is 0 Å². The predicted molar refractivity (Wildman–Crippen MR) is 108 cm³/mol. The lowest BCUT2D eigenvalue weighted by molar-refractivity contribution is 0.0600. The van der Waals surface area contributed by atoms with Gasteiger partial charge in [0.15, 0.2) is 0 Å². The van der Waals surface area contributed by atoms with Gasteiger partial charge in [-0.15, -0.1) is 0 Å². The van der Waals surface area contributed by atoms with E-state index in [1.54, 1.807) is 24.5 Å². The van der Waals surface area contributed by atoms with Crippen LogP contribution >= 0.6 is 15.9 Å². The van der Waals surface area contributed by atoms with Gasteiger partial charge >= 0.3 is 5.97 Å². The zero-order valence-corrected chi connectivity index (χ0v) is 15.9. The molecule has 134 valence electrons. The number of hydrogen-bond acceptors (Lipinski definition) is 5. The SMILES string of the molecule is COC(=O)c1c(N)c2ccc(Br)cc2n(-c2cccc3cnccc23)c1=O. The monoisotopic (exact) mass is 423 g/mol. The molecule has 2 aromatic heterocycles. The average Bonchev–Trinajstić information content (AvgIpc) is 2.68. The highest BCUT2D eigenvalue weighted by Gasteiger charge is 2.23. The van der Waals surface area contributed by atoms with E-state index in [0.717, 1.165) is 15.2 Å². The second-order valence-corrected chi connectivity index (χ2v) is 6.87. The molecule has 27 heavy (non-hydrogen) atoms. The maximum atomic E-state index is 13.3. The summed E-state index contributed by atoms with van der Waals surface area (Å²) in [6.07, 6.45) is 3.38. The van der Waals surface area contributed by atoms with E-state index in [9.17, 15) is 9.59 Å². The Hall–Kier alpha value is -3.19. The first-order valence-electron chi connectivity index (χ1n) is 8.08. The number of pyridine rings is 2. The van der Waals surface area contributed by atoms with Gasteiger partial charge in [0.05, 0.1) is 24.0 Å². The van der Waals surface area contributed by atoms with E-state index in [1.165, 1.54) is 11.7 Å². The molecule has 0 aliphatic rings. The highest BCUT2D eigenvalue weighted by Crippen LogP contribution is 2.30. The van der Waals surface area contributed by atoms with Gasteiger partial charge in [-0.25, -0.2) is 4.79 Å². The van der Waals surface area contributed by atoms with Crippen molar-refractivity contribution in [2.45, 2.75) is 0 Å². The highest BCUT2D eigenvalue weighted by atomic mass is 79.9. The number of carbonyl (C=O) groups excluding carboxylic acids is 1. The summed E-state index contributed by atoms with van der Waals surface area (Å²) in [5.41, 5.74) is 6.77. The van der Waals surface area contributed by atoms with E-state index in [4.69, 9.17) is 10.5 Å². The van der Waals surface area contributed by atoms with Gasteiger partial charge in [-0.1, -0.05) is 28.1 Å². The van der Waals surface area contributed by atoms with Crippen molar-refractivity contribution in [3.63, 3.8) is 0 Å². The molecule has 0 saturated carbocycles. The lowest BCUT2D eigenvalue weighted by atomic mass is 10.1. The number of rotatable bonds is 2. The Morgan fingerprint density at radius 2 is 2.00 bits per heavy atom. The summed E-state index contributed by atoms with van der Waals surface area (Å²) < 4.78 is 7.08. The van der Waals surface area contributed by atoms with Crippen molar-refractivity contribution in [1.29, 1.82) is 0 Å². The Morgan fingerprint density at radius 3 is 2.78 bits per heavy atom. The van der Waals surface area contributed by atoms with E-state index >= 15 is 0 Å². The molecule has 0 spiro atoms.